The number of rotatable bonds is 58. The van der Waals surface area contributed by atoms with Gasteiger partial charge in [0.25, 0.3) is 0 Å². The van der Waals surface area contributed by atoms with E-state index in [4.69, 9.17) is 14.2 Å². The first-order chi connectivity index (χ1) is 38.2. The number of unbranched alkanes of at least 4 members (excludes halogenated alkanes) is 42. The Bertz CT molecular complexity index is 1360. The van der Waals surface area contributed by atoms with Crippen molar-refractivity contribution in [1.29, 1.82) is 0 Å². The number of carbonyl (C=O) groups excluding carboxylic acids is 2. The molecule has 78 heavy (non-hydrogen) atoms. The molecule has 0 spiro atoms. The van der Waals surface area contributed by atoms with Gasteiger partial charge in [-0.25, -0.2) is 0 Å². The minimum absolute atomic E-state index is 0.130. The number of carbonyl (C=O) groups is 2. The predicted octanol–water partition coefficient (Wildman–Crippen LogP) is 16.5. The van der Waals surface area contributed by atoms with Crippen molar-refractivity contribution < 1.29 is 49.3 Å². The van der Waals surface area contributed by atoms with Crippen LogP contribution in [0.5, 0.6) is 0 Å². The molecule has 1 rings (SSSR count). The number of aliphatic hydroxyl groups excluding tert-OH is 5. The first-order valence-corrected chi connectivity index (χ1v) is 33.6. The fourth-order valence-electron chi connectivity index (χ4n) is 10.8. The summed E-state index contributed by atoms with van der Waals surface area (Å²) >= 11 is 0. The van der Waals surface area contributed by atoms with Crippen LogP contribution in [-0.2, 0) is 23.8 Å². The molecule has 0 aliphatic carbocycles. The normalized spacial score (nSPS) is 19.0. The van der Waals surface area contributed by atoms with Gasteiger partial charge in [-0.3, -0.25) is 9.59 Å². The monoisotopic (exact) mass is 1110 g/mol. The Balaban J connectivity index is 2.56. The van der Waals surface area contributed by atoms with Gasteiger partial charge in [-0.1, -0.05) is 295 Å². The largest absolute Gasteiger partial charge is 0.454 e. The summed E-state index contributed by atoms with van der Waals surface area (Å²) in [6.07, 6.45) is 55.1. The summed E-state index contributed by atoms with van der Waals surface area (Å²) < 4.78 is 17.6. The molecule has 11 nitrogen and oxygen atoms in total. The van der Waals surface area contributed by atoms with E-state index in [1.165, 1.54) is 225 Å². The number of ether oxygens (including phenoxy) is 3. The third-order valence-corrected chi connectivity index (χ3v) is 16.1. The Hall–Kier alpha value is -1.86. The van der Waals surface area contributed by atoms with Gasteiger partial charge in [0.1, 0.15) is 24.4 Å². The number of hydrogen-bond acceptors (Lipinski definition) is 10. The van der Waals surface area contributed by atoms with E-state index in [1.807, 2.05) is 6.08 Å². The molecule has 0 saturated carbocycles. The van der Waals surface area contributed by atoms with Crippen LogP contribution in [0.1, 0.15) is 329 Å². The van der Waals surface area contributed by atoms with Gasteiger partial charge < -0.3 is 45.1 Å². The van der Waals surface area contributed by atoms with Crippen molar-refractivity contribution in [3.63, 3.8) is 0 Å². The van der Waals surface area contributed by atoms with Crippen LogP contribution in [0.3, 0.4) is 0 Å². The lowest BCUT2D eigenvalue weighted by Gasteiger charge is -2.41. The predicted molar refractivity (Wildman–Crippen MR) is 324 cm³/mol. The maximum absolute atomic E-state index is 13.4. The molecule has 8 unspecified atom stereocenters. The van der Waals surface area contributed by atoms with E-state index in [0.29, 0.717) is 19.3 Å². The number of aliphatic hydroxyl groups is 5. The Morgan fingerprint density at radius 3 is 1.24 bits per heavy atom. The third-order valence-electron chi connectivity index (χ3n) is 16.1. The van der Waals surface area contributed by atoms with E-state index < -0.39 is 67.4 Å². The van der Waals surface area contributed by atoms with E-state index in [-0.39, 0.29) is 13.0 Å². The van der Waals surface area contributed by atoms with Crippen LogP contribution in [0.15, 0.2) is 24.3 Å². The molecule has 1 aliphatic heterocycles. The first kappa shape index (κ1) is 74.2. The number of nitrogens with one attached hydrogen (secondary N) is 1. The quantitative estimate of drug-likeness (QED) is 0.0195. The molecule has 0 aromatic carbocycles. The molecule has 1 amide bonds. The molecule has 1 heterocycles. The lowest BCUT2D eigenvalue weighted by Crippen LogP contribution is -2.61. The van der Waals surface area contributed by atoms with Crippen LogP contribution >= 0.6 is 0 Å². The van der Waals surface area contributed by atoms with Crippen LogP contribution < -0.4 is 5.32 Å². The fourth-order valence-corrected chi connectivity index (χ4v) is 10.8. The molecule has 1 aliphatic rings. The molecule has 0 bridgehead atoms. The molecule has 6 N–H and O–H groups in total. The highest BCUT2D eigenvalue weighted by molar-refractivity contribution is 5.80. The Kier molecular flexibility index (Phi) is 52.9. The van der Waals surface area contributed by atoms with Gasteiger partial charge in [0.15, 0.2) is 12.4 Å². The third kappa shape index (κ3) is 42.9. The van der Waals surface area contributed by atoms with Crippen molar-refractivity contribution in [3.8, 4) is 0 Å². The minimum atomic E-state index is -1.61. The maximum Gasteiger partial charge on any atom is 0.306 e. The second kappa shape index (κ2) is 55.7. The van der Waals surface area contributed by atoms with E-state index >= 15 is 0 Å². The van der Waals surface area contributed by atoms with Gasteiger partial charge in [0.05, 0.1) is 25.4 Å². The molecule has 1 fully saturated rings. The lowest BCUT2D eigenvalue weighted by atomic mass is 9.99. The molecule has 8 atom stereocenters. The molecule has 460 valence electrons. The Labute approximate surface area is 480 Å². The molecule has 0 radical (unpaired) electrons. The molecule has 11 heteroatoms. The summed E-state index contributed by atoms with van der Waals surface area (Å²) in [5.74, 6) is -1.18. The second-order valence-corrected chi connectivity index (χ2v) is 23.6. The molecule has 0 aromatic rings. The van der Waals surface area contributed by atoms with Gasteiger partial charge in [0.2, 0.25) is 5.91 Å². The van der Waals surface area contributed by atoms with Crippen LogP contribution in [0.25, 0.3) is 0 Å². The van der Waals surface area contributed by atoms with Crippen molar-refractivity contribution in [2.24, 2.45) is 0 Å². The lowest BCUT2D eigenvalue weighted by molar-refractivity contribution is -0.305. The standard InChI is InChI=1S/C67H127NO10/c1-4-7-10-13-16-19-22-24-26-27-28-29-30-31-32-33-34-35-36-39-42-45-48-51-54-60(71)66(75)68-58(59(70)53-50-47-44-41-38-21-18-15-12-9-6-3)57-76-67-65(64(74)63(73)61(56-69)77-67)78-62(72)55-52-49-46-43-40-37-25-23-20-17-14-11-8-5-2/h24,26,50,53,58-61,63-65,67,69-71,73-74H,4-23,25,27-49,51-52,54-57H2,1-3H3,(H,68,75)/b26-24+,53-50+. The van der Waals surface area contributed by atoms with E-state index in [9.17, 15) is 35.1 Å². The zero-order valence-corrected chi connectivity index (χ0v) is 51.1. The number of allylic oxidation sites excluding steroid dienone is 3. The molecular formula is C67H127NO10. The summed E-state index contributed by atoms with van der Waals surface area (Å²) in [5.41, 5.74) is 0. The van der Waals surface area contributed by atoms with Crippen molar-refractivity contribution in [2.45, 2.75) is 378 Å². The van der Waals surface area contributed by atoms with E-state index in [0.717, 1.165) is 57.8 Å². The summed E-state index contributed by atoms with van der Waals surface area (Å²) in [4.78, 5) is 26.6. The highest BCUT2D eigenvalue weighted by Crippen LogP contribution is 2.26. The SMILES string of the molecule is CCCCCCCC/C=C/CCCCCCCCCCCCCCCCC(O)C(=O)NC(COC1OC(CO)C(O)C(O)C1OC(=O)CCCCCCCCCCCCCCCC)C(O)/C=C/CCCCCCCCCCC. The zero-order valence-electron chi connectivity index (χ0n) is 51.1. The zero-order chi connectivity index (χ0) is 56.8. The van der Waals surface area contributed by atoms with Crippen LogP contribution in [0.2, 0.25) is 0 Å². The molecule has 1 saturated heterocycles. The van der Waals surface area contributed by atoms with Crippen molar-refractivity contribution in [2.75, 3.05) is 13.2 Å². The second-order valence-electron chi connectivity index (χ2n) is 23.6. The van der Waals surface area contributed by atoms with Crippen molar-refractivity contribution in [1.82, 2.24) is 5.32 Å². The summed E-state index contributed by atoms with van der Waals surface area (Å²) in [5, 5.41) is 57.0. The number of esters is 1. The molecular weight excluding hydrogens is 979 g/mol. The van der Waals surface area contributed by atoms with Crippen molar-refractivity contribution in [3.05, 3.63) is 24.3 Å². The maximum atomic E-state index is 13.4. The topological polar surface area (TPSA) is 175 Å². The Morgan fingerprint density at radius 1 is 0.487 bits per heavy atom. The molecule has 0 aromatic heterocycles. The average molecular weight is 1110 g/mol. The van der Waals surface area contributed by atoms with E-state index in [1.54, 1.807) is 6.08 Å². The summed E-state index contributed by atoms with van der Waals surface area (Å²) in [6.45, 7) is 5.81. The smallest absolute Gasteiger partial charge is 0.306 e. The number of amides is 1. The summed E-state index contributed by atoms with van der Waals surface area (Å²) in [6, 6.07) is -1.02. The average Bonchev–Trinajstić information content (AvgIpc) is 3.44. The van der Waals surface area contributed by atoms with Gasteiger partial charge in [-0.2, -0.15) is 0 Å². The van der Waals surface area contributed by atoms with Crippen LogP contribution in [0, 0.1) is 0 Å². The number of hydrogen-bond donors (Lipinski definition) is 6. The summed E-state index contributed by atoms with van der Waals surface area (Å²) in [7, 11) is 0. The first-order valence-electron chi connectivity index (χ1n) is 33.6. The van der Waals surface area contributed by atoms with Crippen LogP contribution in [0.4, 0.5) is 0 Å². The highest BCUT2D eigenvalue weighted by atomic mass is 16.7. The fraction of sp³-hybridized carbons (Fsp3) is 0.910. The highest BCUT2D eigenvalue weighted by Gasteiger charge is 2.47. The van der Waals surface area contributed by atoms with Gasteiger partial charge in [-0.15, -0.1) is 0 Å². The van der Waals surface area contributed by atoms with E-state index in [2.05, 4.69) is 38.2 Å². The van der Waals surface area contributed by atoms with Crippen LogP contribution in [-0.4, -0.2) is 99.6 Å². The Morgan fingerprint density at radius 2 is 0.846 bits per heavy atom. The van der Waals surface area contributed by atoms with Crippen molar-refractivity contribution >= 4 is 11.9 Å². The van der Waals surface area contributed by atoms with Gasteiger partial charge in [0, 0.05) is 6.42 Å². The minimum Gasteiger partial charge on any atom is -0.454 e. The van der Waals surface area contributed by atoms with Gasteiger partial charge in [-0.05, 0) is 51.4 Å². The van der Waals surface area contributed by atoms with Gasteiger partial charge >= 0.3 is 5.97 Å².